The summed E-state index contributed by atoms with van der Waals surface area (Å²) >= 11 is 0. The van der Waals surface area contributed by atoms with E-state index in [-0.39, 0.29) is 19.1 Å². The van der Waals surface area contributed by atoms with Crippen LogP contribution in [0.5, 0.6) is 0 Å². The molecule has 0 spiro atoms. The minimum absolute atomic E-state index is 0.0396. The summed E-state index contributed by atoms with van der Waals surface area (Å²) in [5.74, 6) is -1.68. The van der Waals surface area contributed by atoms with E-state index in [2.05, 4.69) is 5.32 Å². The first-order chi connectivity index (χ1) is 9.45. The summed E-state index contributed by atoms with van der Waals surface area (Å²) in [5, 5.41) is 2.76. The molecule has 1 aliphatic heterocycles. The third-order valence-corrected chi connectivity index (χ3v) is 3.60. The standard InChI is InChI=1S/C13H19N3O4/c1-3-6-15-11(18)12(19)16(13(15)20)7-10(17)14-8(2)9-4-5-9/h8-9H,3-7H2,1-2H3,(H,14,17)/t8-/m1/s1. The van der Waals surface area contributed by atoms with E-state index >= 15 is 0 Å². The van der Waals surface area contributed by atoms with Crippen LogP contribution in [-0.2, 0) is 14.4 Å². The van der Waals surface area contributed by atoms with Crippen molar-refractivity contribution in [1.29, 1.82) is 0 Å². The molecule has 1 heterocycles. The Bertz CT molecular complexity index is 459. The quantitative estimate of drug-likeness (QED) is 0.552. The Balaban J connectivity index is 1.94. The average molecular weight is 281 g/mol. The van der Waals surface area contributed by atoms with E-state index in [1.54, 1.807) is 6.92 Å². The van der Waals surface area contributed by atoms with E-state index in [1.807, 2.05) is 6.92 Å². The first kappa shape index (κ1) is 14.5. The van der Waals surface area contributed by atoms with Crippen LogP contribution in [0.3, 0.4) is 0 Å². The Morgan fingerprint density at radius 3 is 2.40 bits per heavy atom. The highest BCUT2D eigenvalue weighted by Crippen LogP contribution is 2.32. The summed E-state index contributed by atoms with van der Waals surface area (Å²) in [7, 11) is 0. The van der Waals surface area contributed by atoms with Crippen molar-refractivity contribution >= 4 is 23.8 Å². The smallest absolute Gasteiger partial charge is 0.334 e. The van der Waals surface area contributed by atoms with E-state index in [0.29, 0.717) is 17.2 Å². The number of imide groups is 2. The molecule has 1 atom stereocenters. The predicted molar refractivity (Wildman–Crippen MR) is 69.4 cm³/mol. The van der Waals surface area contributed by atoms with E-state index in [0.717, 1.165) is 17.7 Å². The van der Waals surface area contributed by atoms with Crippen molar-refractivity contribution in [2.75, 3.05) is 13.1 Å². The van der Waals surface area contributed by atoms with Crippen LogP contribution in [0.1, 0.15) is 33.1 Å². The lowest BCUT2D eigenvalue weighted by atomic mass is 10.2. The fourth-order valence-electron chi connectivity index (χ4n) is 2.27. The number of carbonyl (C=O) groups excluding carboxylic acids is 4. The van der Waals surface area contributed by atoms with E-state index < -0.39 is 23.8 Å². The number of nitrogens with one attached hydrogen (secondary N) is 1. The van der Waals surface area contributed by atoms with E-state index in [1.165, 1.54) is 0 Å². The summed E-state index contributed by atoms with van der Waals surface area (Å²) in [5.41, 5.74) is 0. The van der Waals surface area contributed by atoms with Crippen LogP contribution in [0.2, 0.25) is 0 Å². The van der Waals surface area contributed by atoms with Gasteiger partial charge in [0.25, 0.3) is 0 Å². The van der Waals surface area contributed by atoms with Crippen molar-refractivity contribution in [2.45, 2.75) is 39.2 Å². The summed E-state index contributed by atoms with van der Waals surface area (Å²) in [6, 6.07) is -0.658. The molecule has 0 aromatic carbocycles. The van der Waals surface area contributed by atoms with Gasteiger partial charge in [0, 0.05) is 12.6 Å². The fraction of sp³-hybridized carbons (Fsp3) is 0.692. The number of nitrogens with zero attached hydrogens (tertiary/aromatic N) is 2. The van der Waals surface area contributed by atoms with E-state index in [9.17, 15) is 19.2 Å². The molecule has 1 saturated carbocycles. The molecule has 0 unspecified atom stereocenters. The highest BCUT2D eigenvalue weighted by Gasteiger charge is 2.44. The molecule has 110 valence electrons. The van der Waals surface area contributed by atoms with Gasteiger partial charge in [-0.15, -0.1) is 0 Å². The van der Waals surface area contributed by atoms with Crippen LogP contribution in [-0.4, -0.2) is 52.7 Å². The van der Waals surface area contributed by atoms with Crippen molar-refractivity contribution in [3.63, 3.8) is 0 Å². The molecule has 7 nitrogen and oxygen atoms in total. The summed E-state index contributed by atoms with van der Waals surface area (Å²) in [6.45, 7) is 3.51. The van der Waals surface area contributed by atoms with E-state index in [4.69, 9.17) is 0 Å². The van der Waals surface area contributed by atoms with Gasteiger partial charge in [0.15, 0.2) is 0 Å². The van der Waals surface area contributed by atoms with Gasteiger partial charge in [0.1, 0.15) is 6.54 Å². The van der Waals surface area contributed by atoms with Gasteiger partial charge < -0.3 is 5.32 Å². The highest BCUT2D eigenvalue weighted by atomic mass is 16.2. The Kier molecular flexibility index (Phi) is 4.06. The Morgan fingerprint density at radius 1 is 1.25 bits per heavy atom. The second-order valence-electron chi connectivity index (χ2n) is 5.32. The molecule has 5 amide bonds. The monoisotopic (exact) mass is 281 g/mol. The molecule has 7 heteroatoms. The maximum atomic E-state index is 11.9. The molecular weight excluding hydrogens is 262 g/mol. The van der Waals surface area contributed by atoms with Crippen molar-refractivity contribution in [1.82, 2.24) is 15.1 Å². The molecule has 0 bridgehead atoms. The van der Waals surface area contributed by atoms with Gasteiger partial charge in [-0.2, -0.15) is 0 Å². The minimum Gasteiger partial charge on any atom is -0.352 e. The molecule has 0 aromatic rings. The Morgan fingerprint density at radius 2 is 1.85 bits per heavy atom. The Labute approximate surface area is 117 Å². The minimum atomic E-state index is -0.919. The number of rotatable bonds is 6. The molecule has 0 radical (unpaired) electrons. The van der Waals surface area contributed by atoms with Crippen molar-refractivity contribution in [2.24, 2.45) is 5.92 Å². The largest absolute Gasteiger partial charge is 0.352 e. The third kappa shape index (κ3) is 2.81. The first-order valence-corrected chi connectivity index (χ1v) is 6.92. The molecule has 2 aliphatic rings. The third-order valence-electron chi connectivity index (χ3n) is 3.60. The van der Waals surface area contributed by atoms with Gasteiger partial charge in [-0.05, 0) is 32.1 Å². The van der Waals surface area contributed by atoms with Crippen LogP contribution < -0.4 is 5.32 Å². The zero-order chi connectivity index (χ0) is 14.9. The van der Waals surface area contributed by atoms with Crippen LogP contribution in [0, 0.1) is 5.92 Å². The van der Waals surface area contributed by atoms with Gasteiger partial charge in [-0.25, -0.2) is 9.69 Å². The topological polar surface area (TPSA) is 86.8 Å². The lowest BCUT2D eigenvalue weighted by Gasteiger charge is -2.17. The van der Waals surface area contributed by atoms with Gasteiger partial charge in [-0.3, -0.25) is 19.3 Å². The van der Waals surface area contributed by atoms with Crippen molar-refractivity contribution < 1.29 is 19.2 Å². The molecule has 1 aliphatic carbocycles. The summed E-state index contributed by atoms with van der Waals surface area (Å²) < 4.78 is 0. The lowest BCUT2D eigenvalue weighted by molar-refractivity contribution is -0.144. The summed E-state index contributed by atoms with van der Waals surface area (Å²) in [4.78, 5) is 48.7. The molecule has 2 rings (SSSR count). The van der Waals surface area contributed by atoms with Crippen LogP contribution in [0.15, 0.2) is 0 Å². The number of hydrogen-bond acceptors (Lipinski definition) is 4. The van der Waals surface area contributed by atoms with Gasteiger partial charge in [0.2, 0.25) is 5.91 Å². The predicted octanol–water partition coefficient (Wildman–Crippen LogP) is 0.102. The molecule has 0 aromatic heterocycles. The highest BCUT2D eigenvalue weighted by molar-refractivity contribution is 6.45. The Hall–Kier alpha value is -1.92. The molecule has 1 N–H and O–H groups in total. The second-order valence-corrected chi connectivity index (χ2v) is 5.32. The molecule has 1 saturated heterocycles. The van der Waals surface area contributed by atoms with Crippen LogP contribution in [0.25, 0.3) is 0 Å². The maximum absolute atomic E-state index is 11.9. The zero-order valence-electron chi connectivity index (χ0n) is 11.7. The number of carbonyl (C=O) groups is 4. The van der Waals surface area contributed by atoms with Crippen LogP contribution >= 0.6 is 0 Å². The number of urea groups is 1. The summed E-state index contributed by atoms with van der Waals surface area (Å²) in [6.07, 6.45) is 2.75. The lowest BCUT2D eigenvalue weighted by Crippen LogP contribution is -2.44. The number of hydrogen-bond donors (Lipinski definition) is 1. The maximum Gasteiger partial charge on any atom is 0.334 e. The zero-order valence-corrected chi connectivity index (χ0v) is 11.7. The normalized spacial score (nSPS) is 20.6. The van der Waals surface area contributed by atoms with Gasteiger partial charge >= 0.3 is 17.8 Å². The van der Waals surface area contributed by atoms with Crippen molar-refractivity contribution in [3.8, 4) is 0 Å². The SMILES string of the molecule is CCCN1C(=O)C(=O)N(CC(=O)N[C@H](C)C2CC2)C1=O. The fourth-order valence-corrected chi connectivity index (χ4v) is 2.27. The molecule has 2 fully saturated rings. The van der Waals surface area contributed by atoms with Crippen molar-refractivity contribution in [3.05, 3.63) is 0 Å². The van der Waals surface area contributed by atoms with Crippen LogP contribution in [0.4, 0.5) is 4.79 Å². The second kappa shape index (κ2) is 5.60. The molecular formula is C13H19N3O4. The first-order valence-electron chi connectivity index (χ1n) is 6.92. The average Bonchev–Trinajstić information content (AvgIpc) is 3.21. The molecule has 20 heavy (non-hydrogen) atoms. The van der Waals surface area contributed by atoms with Gasteiger partial charge in [-0.1, -0.05) is 6.92 Å². The van der Waals surface area contributed by atoms with Gasteiger partial charge in [0.05, 0.1) is 0 Å². The number of amides is 5.